The molecule has 1 heterocycles. The number of hydrogen-bond acceptors (Lipinski definition) is 5. The quantitative estimate of drug-likeness (QED) is 0.362. The Kier molecular flexibility index (Phi) is 5.61. The summed E-state index contributed by atoms with van der Waals surface area (Å²) in [6.07, 6.45) is 0. The molecule has 0 saturated carbocycles. The van der Waals surface area contributed by atoms with Gasteiger partial charge in [0, 0.05) is 10.9 Å². The van der Waals surface area contributed by atoms with Gasteiger partial charge in [-0.15, -0.1) is 0 Å². The number of halogens is 2. The fraction of sp³-hybridized carbons (Fsp3) is 0.462. The van der Waals surface area contributed by atoms with Crippen LogP contribution in [0.25, 0.3) is 0 Å². The summed E-state index contributed by atoms with van der Waals surface area (Å²) in [7, 11) is -4.99. The van der Waals surface area contributed by atoms with Gasteiger partial charge in [-0.1, -0.05) is 0 Å². The Hall–Kier alpha value is -1.23. The summed E-state index contributed by atoms with van der Waals surface area (Å²) in [6.45, 7) is 1.34. The summed E-state index contributed by atoms with van der Waals surface area (Å²) >= 11 is 0. The smallest absolute Gasteiger partial charge is 0.383 e. The van der Waals surface area contributed by atoms with Crippen LogP contribution in [-0.4, -0.2) is 55.3 Å². The van der Waals surface area contributed by atoms with E-state index in [4.69, 9.17) is 9.29 Å². The number of alkyl halides is 2. The monoisotopic (exact) mass is 369 g/mol. The Bertz CT molecular complexity index is 654. The highest BCUT2D eigenvalue weighted by Gasteiger charge is 2.45. The van der Waals surface area contributed by atoms with Crippen LogP contribution < -0.4 is 4.74 Å². The molecule has 0 aliphatic carbocycles. The lowest BCUT2D eigenvalue weighted by molar-refractivity contribution is -0.158. The number of benzene rings is 1. The first-order valence-corrected chi connectivity index (χ1v) is 9.75. The van der Waals surface area contributed by atoms with Crippen LogP contribution >= 0.6 is 0 Å². The predicted octanol–water partition coefficient (Wildman–Crippen LogP) is 1.12. The summed E-state index contributed by atoms with van der Waals surface area (Å²) in [5.41, 5.74) is 0. The molecule has 1 aliphatic rings. The van der Waals surface area contributed by atoms with Gasteiger partial charge in [0.15, 0.2) is 10.6 Å². The van der Waals surface area contributed by atoms with Gasteiger partial charge in [-0.25, -0.2) is 4.79 Å². The topological polar surface area (TPSA) is 89.9 Å². The molecule has 1 N–H and O–H groups in total. The number of carbonyl (C=O) groups excluding carboxylic acids is 1. The average Bonchev–Trinajstić information content (AvgIpc) is 2.46. The van der Waals surface area contributed by atoms with Gasteiger partial charge in [-0.3, -0.25) is 4.55 Å². The maximum atomic E-state index is 13.3. The van der Waals surface area contributed by atoms with Crippen molar-refractivity contribution in [1.29, 1.82) is 0 Å². The van der Waals surface area contributed by atoms with Crippen LogP contribution in [0.4, 0.5) is 8.78 Å². The van der Waals surface area contributed by atoms with E-state index in [0.717, 1.165) is 16.4 Å². The Morgan fingerprint density at radius 3 is 2.35 bits per heavy atom. The highest BCUT2D eigenvalue weighted by atomic mass is 32.2. The van der Waals surface area contributed by atoms with Gasteiger partial charge in [0.25, 0.3) is 10.1 Å². The number of esters is 1. The molecule has 0 unspecified atom stereocenters. The second-order valence-corrected chi connectivity index (χ2v) is 8.53. The van der Waals surface area contributed by atoms with Gasteiger partial charge >= 0.3 is 11.9 Å². The number of rotatable bonds is 5. The highest BCUT2D eigenvalue weighted by molar-refractivity contribution is 7.97. The lowest BCUT2D eigenvalue weighted by Gasteiger charge is -2.15. The van der Waals surface area contributed by atoms with Crippen molar-refractivity contribution in [2.45, 2.75) is 10.8 Å². The normalized spacial score (nSPS) is 17.0. The molecule has 0 bridgehead atoms. The largest absolute Gasteiger partial charge is 0.422 e. The van der Waals surface area contributed by atoms with Crippen LogP contribution in [0, 0.1) is 0 Å². The summed E-state index contributed by atoms with van der Waals surface area (Å²) in [5.74, 6) is -6.73. The molecule has 1 aromatic carbocycles. The molecule has 0 amide bonds. The third-order valence-corrected chi connectivity index (χ3v) is 5.96. The molecular weight excluding hydrogens is 354 g/mol. The molecule has 1 fully saturated rings. The van der Waals surface area contributed by atoms with Gasteiger partial charge < -0.3 is 9.47 Å². The maximum Gasteiger partial charge on any atom is 0.383 e. The summed E-state index contributed by atoms with van der Waals surface area (Å²) < 4.78 is 65.8. The Morgan fingerprint density at radius 1 is 1.26 bits per heavy atom. The van der Waals surface area contributed by atoms with E-state index in [1.165, 1.54) is 12.1 Å². The van der Waals surface area contributed by atoms with Crippen LogP contribution in [0.1, 0.15) is 0 Å². The first-order valence-electron chi connectivity index (χ1n) is 6.58. The number of carbonyl (C=O) groups is 1. The van der Waals surface area contributed by atoms with Gasteiger partial charge in [0.05, 0.1) is 13.2 Å². The molecule has 2 rings (SSSR count). The molecule has 0 spiro atoms. The molecule has 6 nitrogen and oxygen atoms in total. The Balaban J connectivity index is 2.01. The van der Waals surface area contributed by atoms with Crippen molar-refractivity contribution in [2.24, 2.45) is 0 Å². The van der Waals surface area contributed by atoms with Gasteiger partial charge in [-0.05, 0) is 24.3 Å². The van der Waals surface area contributed by atoms with Gasteiger partial charge in [-0.2, -0.15) is 17.2 Å². The molecule has 1 aromatic rings. The molecule has 23 heavy (non-hydrogen) atoms. The van der Waals surface area contributed by atoms with Crippen molar-refractivity contribution in [1.82, 2.24) is 0 Å². The van der Waals surface area contributed by atoms with E-state index in [2.05, 4.69) is 4.74 Å². The van der Waals surface area contributed by atoms with E-state index >= 15 is 0 Å². The van der Waals surface area contributed by atoms with E-state index in [1.54, 1.807) is 12.1 Å². The SMILES string of the molecule is O=C(Oc1ccc([S+]2CCOCC2)cc1)C(F)(F)CS(=O)(=O)O. The first kappa shape index (κ1) is 18.1. The highest BCUT2D eigenvalue weighted by Crippen LogP contribution is 2.23. The zero-order chi connectivity index (χ0) is 17.1. The van der Waals surface area contributed by atoms with E-state index in [0.29, 0.717) is 13.2 Å². The van der Waals surface area contributed by atoms with Gasteiger partial charge in [0.1, 0.15) is 17.3 Å². The molecule has 10 heteroatoms. The van der Waals surface area contributed by atoms with Crippen molar-refractivity contribution >= 4 is 27.0 Å². The zero-order valence-electron chi connectivity index (χ0n) is 11.9. The standard InChI is InChI=1S/C13H14F2O6S2/c14-13(15,9-23(17,18)19)12(16)21-10-1-3-11(4-2-10)22-7-5-20-6-8-22/h1-4H,5-9H2/p+1. The van der Waals surface area contributed by atoms with Crippen molar-refractivity contribution in [3.8, 4) is 5.75 Å². The van der Waals surface area contributed by atoms with E-state index in [9.17, 15) is 22.0 Å². The summed E-state index contributed by atoms with van der Waals surface area (Å²) in [5, 5.41) is 0. The third kappa shape index (κ3) is 5.41. The molecule has 0 atom stereocenters. The summed E-state index contributed by atoms with van der Waals surface area (Å²) in [4.78, 5) is 12.3. The number of hydrogen-bond donors (Lipinski definition) is 1. The van der Waals surface area contributed by atoms with Crippen LogP contribution in [0.5, 0.6) is 5.75 Å². The van der Waals surface area contributed by atoms with Crippen molar-refractivity contribution in [3.63, 3.8) is 0 Å². The number of ether oxygens (including phenoxy) is 2. The van der Waals surface area contributed by atoms with E-state index < -0.39 is 27.8 Å². The van der Waals surface area contributed by atoms with Crippen molar-refractivity contribution in [2.75, 3.05) is 30.5 Å². The summed E-state index contributed by atoms with van der Waals surface area (Å²) in [6, 6.07) is 6.11. The molecule has 1 aliphatic heterocycles. The van der Waals surface area contributed by atoms with Crippen LogP contribution in [0.2, 0.25) is 0 Å². The Morgan fingerprint density at radius 2 is 1.83 bits per heavy atom. The minimum absolute atomic E-state index is 0.0145. The lowest BCUT2D eigenvalue weighted by Crippen LogP contribution is -2.39. The maximum absolute atomic E-state index is 13.3. The molecule has 1 saturated heterocycles. The predicted molar refractivity (Wildman–Crippen MR) is 79.6 cm³/mol. The second-order valence-electron chi connectivity index (χ2n) is 4.81. The molecular formula is C13H15F2O6S2+. The minimum atomic E-state index is -5.00. The minimum Gasteiger partial charge on any atom is -0.422 e. The molecule has 0 radical (unpaired) electrons. The third-order valence-electron chi connectivity index (χ3n) is 2.98. The van der Waals surface area contributed by atoms with Crippen LogP contribution in [0.3, 0.4) is 0 Å². The Labute approximate surface area is 134 Å². The lowest BCUT2D eigenvalue weighted by atomic mass is 10.3. The zero-order valence-corrected chi connectivity index (χ0v) is 13.5. The molecule has 128 valence electrons. The van der Waals surface area contributed by atoms with E-state index in [-0.39, 0.29) is 16.6 Å². The fourth-order valence-corrected chi connectivity index (χ4v) is 4.34. The van der Waals surface area contributed by atoms with Crippen molar-refractivity contribution in [3.05, 3.63) is 24.3 Å². The molecule has 0 aromatic heterocycles. The van der Waals surface area contributed by atoms with Crippen molar-refractivity contribution < 1.29 is 36.0 Å². The first-order chi connectivity index (χ1) is 10.7. The average molecular weight is 369 g/mol. The second kappa shape index (κ2) is 7.12. The van der Waals surface area contributed by atoms with Crippen LogP contribution in [-0.2, 0) is 30.5 Å². The van der Waals surface area contributed by atoms with Gasteiger partial charge in [0.2, 0.25) is 0 Å². The fourth-order valence-electron chi connectivity index (χ4n) is 1.93. The van der Waals surface area contributed by atoms with E-state index in [1.807, 2.05) is 0 Å². The van der Waals surface area contributed by atoms with Crippen LogP contribution in [0.15, 0.2) is 29.2 Å².